The van der Waals surface area contributed by atoms with Gasteiger partial charge in [0.2, 0.25) is 10.0 Å². The third kappa shape index (κ3) is 5.62. The Hall–Kier alpha value is -1.83. The van der Waals surface area contributed by atoms with E-state index in [0.717, 1.165) is 49.6 Å². The SMILES string of the molecule is CCOc1ccc(C)cc1S(=O)(=O)NCC1CCN(Cc2cc(C)oc2C)CC1. The van der Waals surface area contributed by atoms with E-state index >= 15 is 0 Å². The van der Waals surface area contributed by atoms with Gasteiger partial charge < -0.3 is 9.15 Å². The van der Waals surface area contributed by atoms with Gasteiger partial charge in [-0.25, -0.2) is 13.1 Å². The molecule has 1 saturated heterocycles. The lowest BCUT2D eigenvalue weighted by atomic mass is 9.97. The van der Waals surface area contributed by atoms with Gasteiger partial charge in [-0.15, -0.1) is 0 Å². The average molecular weight is 421 g/mol. The summed E-state index contributed by atoms with van der Waals surface area (Å²) in [5, 5.41) is 0. The number of likely N-dealkylation sites (tertiary alicyclic amines) is 1. The van der Waals surface area contributed by atoms with E-state index < -0.39 is 10.0 Å². The Morgan fingerprint density at radius 1 is 1.17 bits per heavy atom. The lowest BCUT2D eigenvalue weighted by Crippen LogP contribution is -2.38. The lowest BCUT2D eigenvalue weighted by molar-refractivity contribution is 0.178. The fourth-order valence-electron chi connectivity index (χ4n) is 3.84. The third-order valence-electron chi connectivity index (χ3n) is 5.50. The molecule has 7 heteroatoms. The maximum absolute atomic E-state index is 12.9. The highest BCUT2D eigenvalue weighted by Crippen LogP contribution is 2.26. The standard InChI is InChI=1S/C22H32N2O4S/c1-5-27-21-7-6-16(2)12-22(21)29(25,26)23-14-19-8-10-24(11-9-19)15-20-13-17(3)28-18(20)4/h6-7,12-13,19,23H,5,8-11,14-15H2,1-4H3. The first-order valence-corrected chi connectivity index (χ1v) is 11.8. The van der Waals surface area contributed by atoms with Gasteiger partial charge in [0.15, 0.2) is 0 Å². The Kier molecular flexibility index (Phi) is 7.03. The summed E-state index contributed by atoms with van der Waals surface area (Å²) in [5.74, 6) is 2.68. The van der Waals surface area contributed by atoms with Crippen LogP contribution >= 0.6 is 0 Å². The molecule has 1 aliphatic heterocycles. The smallest absolute Gasteiger partial charge is 0.244 e. The summed E-state index contributed by atoms with van der Waals surface area (Å²) in [6.07, 6.45) is 1.95. The summed E-state index contributed by atoms with van der Waals surface area (Å²) in [5.41, 5.74) is 2.14. The number of hydrogen-bond donors (Lipinski definition) is 1. The van der Waals surface area contributed by atoms with Crippen molar-refractivity contribution in [3.05, 3.63) is 46.9 Å². The van der Waals surface area contributed by atoms with Crippen molar-refractivity contribution in [1.82, 2.24) is 9.62 Å². The summed E-state index contributed by atoms with van der Waals surface area (Å²) in [6, 6.07) is 7.37. The van der Waals surface area contributed by atoms with E-state index in [2.05, 4.69) is 15.7 Å². The number of nitrogens with zero attached hydrogens (tertiary/aromatic N) is 1. The van der Waals surface area contributed by atoms with Gasteiger partial charge in [-0.05, 0) is 83.3 Å². The zero-order chi connectivity index (χ0) is 21.0. The summed E-state index contributed by atoms with van der Waals surface area (Å²) in [4.78, 5) is 2.64. The van der Waals surface area contributed by atoms with Crippen LogP contribution in [0.2, 0.25) is 0 Å². The number of aryl methyl sites for hydroxylation is 3. The number of piperidine rings is 1. The van der Waals surface area contributed by atoms with E-state index in [1.807, 2.05) is 33.8 Å². The molecule has 1 aromatic heterocycles. The molecule has 6 nitrogen and oxygen atoms in total. The summed E-state index contributed by atoms with van der Waals surface area (Å²) >= 11 is 0. The largest absolute Gasteiger partial charge is 0.492 e. The van der Waals surface area contributed by atoms with Crippen LogP contribution in [0.4, 0.5) is 0 Å². The molecule has 0 atom stereocenters. The molecule has 1 aromatic carbocycles. The van der Waals surface area contributed by atoms with Crippen molar-refractivity contribution in [3.8, 4) is 5.75 Å². The van der Waals surface area contributed by atoms with Gasteiger partial charge in [0.1, 0.15) is 22.2 Å². The number of nitrogens with one attached hydrogen (secondary N) is 1. The van der Waals surface area contributed by atoms with Gasteiger partial charge in [-0.1, -0.05) is 6.07 Å². The molecule has 0 amide bonds. The summed E-state index contributed by atoms with van der Waals surface area (Å²) < 4.78 is 39.7. The number of sulfonamides is 1. The molecule has 1 fully saturated rings. The van der Waals surface area contributed by atoms with Crippen LogP contribution in [0.1, 0.15) is 42.4 Å². The second kappa shape index (κ2) is 9.32. The molecule has 29 heavy (non-hydrogen) atoms. The molecule has 160 valence electrons. The molecule has 1 aliphatic rings. The highest BCUT2D eigenvalue weighted by atomic mass is 32.2. The lowest BCUT2D eigenvalue weighted by Gasteiger charge is -2.31. The third-order valence-corrected chi connectivity index (χ3v) is 6.94. The molecule has 0 bridgehead atoms. The zero-order valence-electron chi connectivity index (χ0n) is 17.8. The van der Waals surface area contributed by atoms with E-state index in [4.69, 9.17) is 9.15 Å². The van der Waals surface area contributed by atoms with E-state index in [1.54, 1.807) is 12.1 Å². The number of ether oxygens (including phenoxy) is 1. The van der Waals surface area contributed by atoms with Gasteiger partial charge >= 0.3 is 0 Å². The van der Waals surface area contributed by atoms with E-state index in [0.29, 0.717) is 24.8 Å². The fraction of sp³-hybridized carbons (Fsp3) is 0.545. The average Bonchev–Trinajstić information content (AvgIpc) is 2.99. The van der Waals surface area contributed by atoms with Crippen LogP contribution in [0.15, 0.2) is 33.6 Å². The first kappa shape index (κ1) is 21.9. The van der Waals surface area contributed by atoms with Gasteiger partial charge in [-0.3, -0.25) is 4.90 Å². The van der Waals surface area contributed by atoms with Gasteiger partial charge in [0.05, 0.1) is 6.61 Å². The van der Waals surface area contributed by atoms with Crippen LogP contribution in [0.25, 0.3) is 0 Å². The van der Waals surface area contributed by atoms with Crippen LogP contribution in [-0.4, -0.2) is 39.6 Å². The maximum atomic E-state index is 12.9. The zero-order valence-corrected chi connectivity index (χ0v) is 18.6. The molecule has 1 N–H and O–H groups in total. The second-order valence-corrected chi connectivity index (χ2v) is 9.63. The fourth-order valence-corrected chi connectivity index (χ4v) is 5.18. The molecule has 0 spiro atoms. The van der Waals surface area contributed by atoms with Gasteiger partial charge in [0, 0.05) is 18.7 Å². The van der Waals surface area contributed by atoms with Crippen molar-refractivity contribution >= 4 is 10.0 Å². The molecule has 0 aliphatic carbocycles. The van der Waals surface area contributed by atoms with Crippen molar-refractivity contribution < 1.29 is 17.6 Å². The number of benzene rings is 1. The molecule has 0 radical (unpaired) electrons. The monoisotopic (exact) mass is 420 g/mol. The highest BCUT2D eigenvalue weighted by molar-refractivity contribution is 7.89. The molecular formula is C22H32N2O4S. The number of furan rings is 1. The predicted molar refractivity (Wildman–Crippen MR) is 114 cm³/mol. The van der Waals surface area contributed by atoms with Crippen LogP contribution < -0.4 is 9.46 Å². The second-order valence-electron chi connectivity index (χ2n) is 7.89. The van der Waals surface area contributed by atoms with Crippen molar-refractivity contribution in [3.63, 3.8) is 0 Å². The number of rotatable bonds is 8. The molecule has 2 aromatic rings. The molecular weight excluding hydrogens is 388 g/mol. The Morgan fingerprint density at radius 2 is 1.90 bits per heavy atom. The quantitative estimate of drug-likeness (QED) is 0.703. The topological polar surface area (TPSA) is 71.8 Å². The molecule has 0 saturated carbocycles. The van der Waals surface area contributed by atoms with Crippen molar-refractivity contribution in [2.45, 2.75) is 52.0 Å². The van der Waals surface area contributed by atoms with Crippen LogP contribution in [0, 0.1) is 26.7 Å². The predicted octanol–water partition coefficient (Wildman–Crippen LogP) is 3.79. The Bertz CT molecular complexity index is 928. The van der Waals surface area contributed by atoms with Crippen molar-refractivity contribution in [2.75, 3.05) is 26.2 Å². The molecule has 3 rings (SSSR count). The minimum atomic E-state index is -3.60. The summed E-state index contributed by atoms with van der Waals surface area (Å²) in [7, 11) is -3.60. The van der Waals surface area contributed by atoms with Crippen LogP contribution in [0.5, 0.6) is 5.75 Å². The normalized spacial score (nSPS) is 16.3. The van der Waals surface area contributed by atoms with Crippen LogP contribution in [-0.2, 0) is 16.6 Å². The molecule has 2 heterocycles. The molecule has 0 unspecified atom stereocenters. The van der Waals surface area contributed by atoms with Gasteiger partial charge in [0.25, 0.3) is 0 Å². The van der Waals surface area contributed by atoms with E-state index in [1.165, 1.54) is 5.56 Å². The Labute approximate surface area is 174 Å². The first-order valence-electron chi connectivity index (χ1n) is 10.3. The minimum absolute atomic E-state index is 0.225. The number of hydrogen-bond acceptors (Lipinski definition) is 5. The Balaban J connectivity index is 1.55. The Morgan fingerprint density at radius 3 is 2.52 bits per heavy atom. The maximum Gasteiger partial charge on any atom is 0.244 e. The highest BCUT2D eigenvalue weighted by Gasteiger charge is 2.24. The first-order chi connectivity index (χ1) is 13.8. The van der Waals surface area contributed by atoms with Crippen LogP contribution in [0.3, 0.4) is 0 Å². The summed E-state index contributed by atoms with van der Waals surface area (Å²) in [6.45, 7) is 11.4. The van der Waals surface area contributed by atoms with E-state index in [9.17, 15) is 8.42 Å². The van der Waals surface area contributed by atoms with Crippen molar-refractivity contribution in [1.29, 1.82) is 0 Å². The van der Waals surface area contributed by atoms with Gasteiger partial charge in [-0.2, -0.15) is 0 Å². The van der Waals surface area contributed by atoms with E-state index in [-0.39, 0.29) is 4.90 Å². The van der Waals surface area contributed by atoms with Crippen molar-refractivity contribution in [2.24, 2.45) is 5.92 Å². The minimum Gasteiger partial charge on any atom is -0.492 e.